The summed E-state index contributed by atoms with van der Waals surface area (Å²) in [5.74, 6) is 1.50. The predicted molar refractivity (Wildman–Crippen MR) is 135 cm³/mol. The number of hydrogen-bond acceptors (Lipinski definition) is 7. The number of aldehydes is 1. The number of anilines is 1. The van der Waals surface area contributed by atoms with Crippen molar-refractivity contribution in [1.82, 2.24) is 15.3 Å². The lowest BCUT2D eigenvalue weighted by Crippen LogP contribution is -2.74. The van der Waals surface area contributed by atoms with Crippen molar-refractivity contribution in [3.63, 3.8) is 0 Å². The maximum Gasteiger partial charge on any atom is 0.254 e. The molecule has 5 rings (SSSR count). The van der Waals surface area contributed by atoms with E-state index in [-0.39, 0.29) is 34.8 Å². The van der Waals surface area contributed by atoms with Gasteiger partial charge in [-0.2, -0.15) is 5.26 Å². The molecule has 188 valence electrons. The third kappa shape index (κ3) is 3.90. The summed E-state index contributed by atoms with van der Waals surface area (Å²) >= 11 is 6.18. The van der Waals surface area contributed by atoms with E-state index in [1.54, 1.807) is 30.6 Å². The molecule has 3 fully saturated rings. The van der Waals surface area contributed by atoms with Crippen LogP contribution < -0.4 is 15.0 Å². The molecule has 1 saturated heterocycles. The normalized spacial score (nSPS) is 29.2. The second kappa shape index (κ2) is 8.74. The topological polar surface area (TPSA) is 108 Å². The molecule has 2 bridgehead atoms. The van der Waals surface area contributed by atoms with Crippen molar-refractivity contribution in [3.05, 3.63) is 46.7 Å². The van der Waals surface area contributed by atoms with Crippen LogP contribution in [0.1, 0.15) is 56.5 Å². The van der Waals surface area contributed by atoms with Gasteiger partial charge in [-0.1, -0.05) is 39.3 Å². The fourth-order valence-electron chi connectivity index (χ4n) is 6.80. The monoisotopic (exact) mass is 507 g/mol. The summed E-state index contributed by atoms with van der Waals surface area (Å²) in [6, 6.07) is 7.24. The highest BCUT2D eigenvalue weighted by Crippen LogP contribution is 2.55. The van der Waals surface area contributed by atoms with Crippen LogP contribution >= 0.6 is 11.6 Å². The van der Waals surface area contributed by atoms with Crippen LogP contribution in [-0.4, -0.2) is 46.9 Å². The van der Waals surface area contributed by atoms with E-state index in [2.05, 4.69) is 53.9 Å². The molecule has 8 nitrogen and oxygen atoms in total. The van der Waals surface area contributed by atoms with Gasteiger partial charge in [0.2, 0.25) is 5.95 Å². The average Bonchev–Trinajstić information content (AvgIpc) is 3.46. The number of piperidine rings is 1. The number of benzene rings is 1. The summed E-state index contributed by atoms with van der Waals surface area (Å²) in [5, 5.41) is 12.6. The molecule has 1 amide bonds. The Bertz CT molecular complexity index is 1220. The highest BCUT2D eigenvalue weighted by Gasteiger charge is 2.64. The Labute approximate surface area is 216 Å². The minimum absolute atomic E-state index is 0.146. The Kier molecular flexibility index (Phi) is 5.95. The van der Waals surface area contributed by atoms with Crippen molar-refractivity contribution in [2.75, 3.05) is 11.4 Å². The van der Waals surface area contributed by atoms with Crippen molar-refractivity contribution >= 4 is 29.7 Å². The zero-order valence-electron chi connectivity index (χ0n) is 20.9. The van der Waals surface area contributed by atoms with Gasteiger partial charge in [0.1, 0.15) is 24.2 Å². The van der Waals surface area contributed by atoms with E-state index in [0.717, 1.165) is 25.7 Å². The third-order valence-electron chi connectivity index (χ3n) is 8.36. The lowest BCUT2D eigenvalue weighted by atomic mass is 9.49. The molecule has 2 aliphatic carbocycles. The number of hydrogen-bond donors (Lipinski definition) is 1. The lowest BCUT2D eigenvalue weighted by molar-refractivity contribution is -0.164. The molecule has 1 N–H and O–H groups in total. The number of nitriles is 1. The van der Waals surface area contributed by atoms with Crippen molar-refractivity contribution in [1.29, 1.82) is 5.26 Å². The van der Waals surface area contributed by atoms with E-state index in [4.69, 9.17) is 21.6 Å². The molecule has 36 heavy (non-hydrogen) atoms. The molecule has 9 heteroatoms. The number of amides is 1. The highest BCUT2D eigenvalue weighted by molar-refractivity contribution is 6.31. The first-order valence-electron chi connectivity index (χ1n) is 12.3. The Balaban J connectivity index is 1.24. The maximum absolute atomic E-state index is 13.1. The quantitative estimate of drug-likeness (QED) is 0.588. The van der Waals surface area contributed by atoms with Gasteiger partial charge in [-0.3, -0.25) is 4.79 Å². The van der Waals surface area contributed by atoms with Crippen LogP contribution in [-0.2, 0) is 4.79 Å². The number of carbonyl (C=O) groups excluding carboxylic acids is 2. The van der Waals surface area contributed by atoms with Gasteiger partial charge in [0.15, 0.2) is 0 Å². The first-order valence-corrected chi connectivity index (χ1v) is 12.6. The molecular weight excluding hydrogens is 478 g/mol. The van der Waals surface area contributed by atoms with Gasteiger partial charge in [0, 0.05) is 53.8 Å². The van der Waals surface area contributed by atoms with Crippen molar-refractivity contribution < 1.29 is 14.3 Å². The van der Waals surface area contributed by atoms with Crippen molar-refractivity contribution in [2.24, 2.45) is 22.7 Å². The predicted octanol–water partition coefficient (Wildman–Crippen LogP) is 4.03. The van der Waals surface area contributed by atoms with Crippen LogP contribution in [0.15, 0.2) is 30.6 Å². The fourth-order valence-corrected chi connectivity index (χ4v) is 7.01. The number of fused-ring (bicyclic) bond motifs is 2. The number of halogens is 1. The lowest BCUT2D eigenvalue weighted by Gasteiger charge is -2.63. The molecular formula is C27H30ClN5O3. The molecule has 1 aromatic carbocycles. The average molecular weight is 508 g/mol. The number of nitrogens with zero attached hydrogens (tertiary/aromatic N) is 4. The molecule has 0 radical (unpaired) electrons. The summed E-state index contributed by atoms with van der Waals surface area (Å²) < 4.78 is 6.29. The zero-order valence-corrected chi connectivity index (χ0v) is 21.6. The van der Waals surface area contributed by atoms with Crippen molar-refractivity contribution in [2.45, 2.75) is 58.7 Å². The Morgan fingerprint density at radius 2 is 1.92 bits per heavy atom. The third-order valence-corrected chi connectivity index (χ3v) is 8.67. The van der Waals surface area contributed by atoms with Crippen LogP contribution in [0.25, 0.3) is 0 Å². The Morgan fingerprint density at radius 3 is 2.47 bits per heavy atom. The Morgan fingerprint density at radius 1 is 1.22 bits per heavy atom. The fraction of sp³-hybridized carbons (Fsp3) is 0.519. The Hall–Kier alpha value is -3.18. The summed E-state index contributed by atoms with van der Waals surface area (Å²) in [7, 11) is 0. The number of rotatable bonds is 6. The van der Waals surface area contributed by atoms with Crippen molar-refractivity contribution in [3.8, 4) is 11.8 Å². The molecule has 2 saturated carbocycles. The SMILES string of the molecule is CC1(C)C(NC(=O)c2cnc(N3C[C@H]4C[C@@H]3C[C@H]4C=O)nc2)C(C)(C)C1Oc1ccc(C#N)c(Cl)c1. The molecule has 3 atom stereocenters. The van der Waals surface area contributed by atoms with Crippen LogP contribution in [0, 0.1) is 34.0 Å². The van der Waals surface area contributed by atoms with Gasteiger partial charge in [0.25, 0.3) is 5.91 Å². The van der Waals surface area contributed by atoms with Crippen LogP contribution in [0.5, 0.6) is 5.75 Å². The largest absolute Gasteiger partial charge is 0.489 e. The molecule has 1 aliphatic heterocycles. The summed E-state index contributed by atoms with van der Waals surface area (Å²) in [6.45, 7) is 9.04. The van der Waals surface area contributed by atoms with E-state index >= 15 is 0 Å². The van der Waals surface area contributed by atoms with E-state index in [1.807, 2.05) is 0 Å². The smallest absolute Gasteiger partial charge is 0.254 e. The second-order valence-electron chi connectivity index (χ2n) is 11.4. The summed E-state index contributed by atoms with van der Waals surface area (Å²) in [5.41, 5.74) is 0.0923. The van der Waals surface area contributed by atoms with Gasteiger partial charge in [-0.25, -0.2) is 9.97 Å². The van der Waals surface area contributed by atoms with Gasteiger partial charge in [-0.05, 0) is 30.9 Å². The summed E-state index contributed by atoms with van der Waals surface area (Å²) in [4.78, 5) is 35.4. The molecule has 0 unspecified atom stereocenters. The van der Waals surface area contributed by atoms with Gasteiger partial charge < -0.3 is 19.7 Å². The molecule has 0 spiro atoms. The number of ether oxygens (including phenoxy) is 1. The van der Waals surface area contributed by atoms with E-state index in [9.17, 15) is 9.59 Å². The molecule has 2 heterocycles. The number of carbonyl (C=O) groups is 2. The molecule has 1 aromatic heterocycles. The number of nitrogens with one attached hydrogen (secondary N) is 1. The van der Waals surface area contributed by atoms with Gasteiger partial charge in [-0.15, -0.1) is 0 Å². The second-order valence-corrected chi connectivity index (χ2v) is 11.8. The standard InChI is InChI=1S/C27H30ClN5O3/c1-26(2)23(27(3,4)24(26)36-20-6-5-15(10-29)21(28)9-20)32-22(35)18-11-30-25(31-12-18)33-13-16-7-19(33)8-17(16)14-34/h5-6,9,11-12,14,16-17,19,23-24H,7-8,13H2,1-4H3,(H,32,35)/t16-,17+,19-,23?,24?/m1/s1. The van der Waals surface area contributed by atoms with Crippen LogP contribution in [0.2, 0.25) is 5.02 Å². The zero-order chi connectivity index (χ0) is 25.8. The molecule has 3 aliphatic rings. The minimum atomic E-state index is -0.357. The van der Waals surface area contributed by atoms with E-state index in [0.29, 0.717) is 39.8 Å². The first-order chi connectivity index (χ1) is 17.1. The van der Waals surface area contributed by atoms with Gasteiger partial charge >= 0.3 is 0 Å². The first kappa shape index (κ1) is 24.5. The minimum Gasteiger partial charge on any atom is -0.489 e. The highest BCUT2D eigenvalue weighted by atomic mass is 35.5. The van der Waals surface area contributed by atoms with Crippen LogP contribution in [0.3, 0.4) is 0 Å². The van der Waals surface area contributed by atoms with E-state index < -0.39 is 0 Å². The van der Waals surface area contributed by atoms with Gasteiger partial charge in [0.05, 0.1) is 16.1 Å². The van der Waals surface area contributed by atoms with E-state index in [1.165, 1.54) is 0 Å². The number of aromatic nitrogens is 2. The molecule has 2 aromatic rings. The summed E-state index contributed by atoms with van der Waals surface area (Å²) in [6.07, 6.45) is 5.90. The maximum atomic E-state index is 13.1. The van der Waals surface area contributed by atoms with Crippen LogP contribution in [0.4, 0.5) is 5.95 Å².